The van der Waals surface area contributed by atoms with E-state index in [4.69, 9.17) is 4.74 Å². The minimum Gasteiger partial charge on any atom is -0.772 e. The highest BCUT2D eigenvalue weighted by Gasteiger charge is 2.10. The predicted octanol–water partition coefficient (Wildman–Crippen LogP) is 4.45. The zero-order valence-corrected chi connectivity index (χ0v) is 15.1. The molecule has 0 saturated carbocycles. The van der Waals surface area contributed by atoms with E-state index < -0.39 is 16.3 Å². The van der Waals surface area contributed by atoms with Crippen molar-refractivity contribution in [2.75, 3.05) is 0 Å². The fourth-order valence-electron chi connectivity index (χ4n) is 2.94. The van der Waals surface area contributed by atoms with Crippen molar-refractivity contribution in [2.45, 2.75) is 32.1 Å². The first-order chi connectivity index (χ1) is 12.1. The van der Waals surface area contributed by atoms with Gasteiger partial charge in [0, 0.05) is 21.9 Å². The van der Waals surface area contributed by atoms with E-state index >= 15 is 0 Å². The second-order valence-electron chi connectivity index (χ2n) is 5.96. The Labute approximate surface area is 150 Å². The Kier molecular flexibility index (Phi) is 5.46. The average Bonchev–Trinajstić information content (AvgIpc) is 2.61. The lowest BCUT2D eigenvalue weighted by Crippen LogP contribution is -2.04. The number of hydrogen-bond acceptors (Lipinski definition) is 4. The summed E-state index contributed by atoms with van der Waals surface area (Å²) in [5, 5.41) is 0.610. The first-order valence-corrected chi connectivity index (χ1v) is 9.38. The van der Waals surface area contributed by atoms with Gasteiger partial charge in [-0.05, 0) is 54.3 Å². The minimum absolute atomic E-state index is 0.438. The number of nitrogens with zero attached hydrogens (tertiary/aromatic N) is 1. The molecule has 25 heavy (non-hydrogen) atoms. The van der Waals surface area contributed by atoms with Gasteiger partial charge in [-0.1, -0.05) is 37.3 Å². The molecule has 0 spiro atoms. The van der Waals surface area contributed by atoms with Crippen molar-refractivity contribution in [3.05, 3.63) is 71.4 Å². The van der Waals surface area contributed by atoms with Gasteiger partial charge in [-0.15, -0.1) is 0 Å². The van der Waals surface area contributed by atoms with E-state index in [0.29, 0.717) is 18.8 Å². The fourth-order valence-corrected chi connectivity index (χ4v) is 3.59. The van der Waals surface area contributed by atoms with Crippen LogP contribution in [-0.4, -0.2) is 13.7 Å². The standard InChI is InChI=1S/C20H21NO3S/c1-3-20(25(22)23)15-8-10-17(11-9-15)24-13-16-12-14(2)21-19-7-5-4-6-18(16)19/h4-12,20H,3,13H2,1-2H3,(H,22,23)/p-1. The summed E-state index contributed by atoms with van der Waals surface area (Å²) >= 11 is -2.11. The van der Waals surface area contributed by atoms with Gasteiger partial charge in [0.25, 0.3) is 0 Å². The number of aromatic nitrogens is 1. The third-order valence-corrected chi connectivity index (χ3v) is 5.25. The molecule has 2 aromatic carbocycles. The highest BCUT2D eigenvalue weighted by atomic mass is 32.2. The molecule has 0 N–H and O–H groups in total. The Bertz CT molecular complexity index is 893. The average molecular weight is 354 g/mol. The lowest BCUT2D eigenvalue weighted by Gasteiger charge is -2.18. The number of rotatable bonds is 6. The SMILES string of the molecule is CCC(c1ccc(OCc2cc(C)nc3ccccc23)cc1)S(=O)[O-]. The molecule has 0 radical (unpaired) electrons. The molecule has 0 aliphatic carbocycles. The van der Waals surface area contributed by atoms with Crippen LogP contribution in [0.2, 0.25) is 0 Å². The smallest absolute Gasteiger partial charge is 0.119 e. The van der Waals surface area contributed by atoms with Crippen LogP contribution in [-0.2, 0) is 17.7 Å². The Balaban J connectivity index is 1.77. The molecule has 3 aromatic rings. The van der Waals surface area contributed by atoms with Crippen LogP contribution < -0.4 is 4.74 Å². The Hall–Kier alpha value is -2.24. The fraction of sp³-hybridized carbons (Fsp3) is 0.250. The summed E-state index contributed by atoms with van der Waals surface area (Å²) in [5.41, 5.74) is 3.78. The van der Waals surface area contributed by atoms with E-state index in [0.717, 1.165) is 27.7 Å². The molecule has 1 heterocycles. The van der Waals surface area contributed by atoms with E-state index in [9.17, 15) is 8.76 Å². The number of benzene rings is 2. The van der Waals surface area contributed by atoms with Crippen molar-refractivity contribution >= 4 is 22.0 Å². The van der Waals surface area contributed by atoms with Crippen LogP contribution in [0.1, 0.15) is 35.4 Å². The molecular weight excluding hydrogens is 334 g/mol. The summed E-state index contributed by atoms with van der Waals surface area (Å²) < 4.78 is 28.4. The first kappa shape index (κ1) is 17.6. The second kappa shape index (κ2) is 7.76. The maximum Gasteiger partial charge on any atom is 0.119 e. The van der Waals surface area contributed by atoms with Gasteiger partial charge in [-0.2, -0.15) is 0 Å². The van der Waals surface area contributed by atoms with Crippen molar-refractivity contribution in [3.63, 3.8) is 0 Å². The molecule has 0 fully saturated rings. The summed E-state index contributed by atoms with van der Waals surface area (Å²) in [7, 11) is 0. The molecule has 1 aromatic heterocycles. The molecule has 130 valence electrons. The summed E-state index contributed by atoms with van der Waals surface area (Å²) in [6, 6.07) is 17.3. The molecular formula is C20H20NO3S-. The normalized spacial score (nSPS) is 13.6. The lowest BCUT2D eigenvalue weighted by atomic mass is 10.1. The zero-order valence-electron chi connectivity index (χ0n) is 14.3. The maximum absolute atomic E-state index is 11.2. The number of pyridine rings is 1. The van der Waals surface area contributed by atoms with Gasteiger partial charge >= 0.3 is 0 Å². The Morgan fingerprint density at radius 2 is 1.88 bits per heavy atom. The van der Waals surface area contributed by atoms with Crippen LogP contribution in [0.25, 0.3) is 10.9 Å². The maximum atomic E-state index is 11.2. The quantitative estimate of drug-likeness (QED) is 0.614. The molecule has 0 amide bonds. The number of para-hydroxylation sites is 1. The molecule has 4 nitrogen and oxygen atoms in total. The Morgan fingerprint density at radius 3 is 2.56 bits per heavy atom. The van der Waals surface area contributed by atoms with Gasteiger partial charge < -0.3 is 9.29 Å². The monoisotopic (exact) mass is 354 g/mol. The second-order valence-corrected chi connectivity index (χ2v) is 7.05. The highest BCUT2D eigenvalue weighted by Crippen LogP contribution is 2.25. The van der Waals surface area contributed by atoms with E-state index in [1.165, 1.54) is 0 Å². The van der Waals surface area contributed by atoms with Crippen LogP contribution in [0.15, 0.2) is 54.6 Å². The van der Waals surface area contributed by atoms with Gasteiger partial charge in [-0.3, -0.25) is 9.19 Å². The third-order valence-electron chi connectivity index (χ3n) is 4.18. The van der Waals surface area contributed by atoms with E-state index in [-0.39, 0.29) is 0 Å². The third kappa shape index (κ3) is 4.06. The summed E-state index contributed by atoms with van der Waals surface area (Å²) in [4.78, 5) is 4.53. The van der Waals surface area contributed by atoms with Crippen molar-refractivity contribution < 1.29 is 13.5 Å². The van der Waals surface area contributed by atoms with Crippen LogP contribution in [0, 0.1) is 6.92 Å². The van der Waals surface area contributed by atoms with E-state index in [1.54, 1.807) is 0 Å². The van der Waals surface area contributed by atoms with Crippen LogP contribution in [0.5, 0.6) is 5.75 Å². The first-order valence-electron chi connectivity index (χ1n) is 8.24. The largest absolute Gasteiger partial charge is 0.772 e. The van der Waals surface area contributed by atoms with Crippen molar-refractivity contribution in [2.24, 2.45) is 0 Å². The predicted molar refractivity (Wildman–Crippen MR) is 99.2 cm³/mol. The van der Waals surface area contributed by atoms with Gasteiger partial charge in [0.05, 0.1) is 5.52 Å². The van der Waals surface area contributed by atoms with Crippen molar-refractivity contribution in [3.8, 4) is 5.75 Å². The summed E-state index contributed by atoms with van der Waals surface area (Å²) in [6.45, 7) is 4.27. The van der Waals surface area contributed by atoms with E-state index in [2.05, 4.69) is 4.98 Å². The van der Waals surface area contributed by atoms with Gasteiger partial charge in [0.2, 0.25) is 0 Å². The van der Waals surface area contributed by atoms with Gasteiger partial charge in [-0.25, -0.2) is 0 Å². The van der Waals surface area contributed by atoms with Gasteiger partial charge in [0.1, 0.15) is 12.4 Å². The van der Waals surface area contributed by atoms with Gasteiger partial charge in [0.15, 0.2) is 0 Å². The number of fused-ring (bicyclic) bond motifs is 1. The molecule has 0 aliphatic heterocycles. The highest BCUT2D eigenvalue weighted by molar-refractivity contribution is 7.79. The topological polar surface area (TPSA) is 62.2 Å². The van der Waals surface area contributed by atoms with Crippen LogP contribution >= 0.6 is 0 Å². The minimum atomic E-state index is -2.11. The summed E-state index contributed by atoms with van der Waals surface area (Å²) in [6.07, 6.45) is 0.554. The lowest BCUT2D eigenvalue weighted by molar-refractivity contribution is 0.307. The molecule has 2 atom stereocenters. The molecule has 0 saturated heterocycles. The Morgan fingerprint density at radius 1 is 1.16 bits per heavy atom. The molecule has 3 rings (SSSR count). The zero-order chi connectivity index (χ0) is 17.8. The number of aryl methyl sites for hydroxylation is 1. The molecule has 5 heteroatoms. The molecule has 2 unspecified atom stereocenters. The summed E-state index contributed by atoms with van der Waals surface area (Å²) in [5.74, 6) is 0.717. The molecule has 0 bridgehead atoms. The number of hydrogen-bond donors (Lipinski definition) is 0. The number of ether oxygens (including phenoxy) is 1. The van der Waals surface area contributed by atoms with Crippen LogP contribution in [0.3, 0.4) is 0 Å². The van der Waals surface area contributed by atoms with Crippen molar-refractivity contribution in [1.29, 1.82) is 0 Å². The van der Waals surface area contributed by atoms with Crippen molar-refractivity contribution in [1.82, 2.24) is 4.98 Å². The molecule has 0 aliphatic rings. The van der Waals surface area contributed by atoms with Crippen LogP contribution in [0.4, 0.5) is 0 Å². The van der Waals surface area contributed by atoms with E-state index in [1.807, 2.05) is 68.4 Å².